The molecule has 0 atom stereocenters. The first kappa shape index (κ1) is 11.9. The second-order valence-electron chi connectivity index (χ2n) is 3.85. The Hall–Kier alpha value is -1.61. The van der Waals surface area contributed by atoms with E-state index in [2.05, 4.69) is 4.98 Å². The zero-order chi connectivity index (χ0) is 12.3. The minimum atomic E-state index is -0.0987. The normalized spacial score (nSPS) is 10.5. The first-order valence-corrected chi connectivity index (χ1v) is 5.82. The summed E-state index contributed by atoms with van der Waals surface area (Å²) < 4.78 is 1.64. The highest BCUT2D eigenvalue weighted by Crippen LogP contribution is 2.04. The molecule has 4 heteroatoms. The fourth-order valence-electron chi connectivity index (χ4n) is 1.74. The van der Waals surface area contributed by atoms with Crippen LogP contribution in [-0.2, 0) is 13.0 Å². The summed E-state index contributed by atoms with van der Waals surface area (Å²) in [6, 6.07) is 11.4. The van der Waals surface area contributed by atoms with Crippen LogP contribution in [0.5, 0.6) is 0 Å². The molecule has 0 saturated heterocycles. The summed E-state index contributed by atoms with van der Waals surface area (Å²) in [7, 11) is 0. The van der Waals surface area contributed by atoms with Gasteiger partial charge in [0.15, 0.2) is 0 Å². The van der Waals surface area contributed by atoms with Gasteiger partial charge < -0.3 is 0 Å². The van der Waals surface area contributed by atoms with Crippen LogP contribution in [0.3, 0.4) is 0 Å². The summed E-state index contributed by atoms with van der Waals surface area (Å²) in [5, 5.41) is 0.253. The fourth-order valence-corrected chi connectivity index (χ4v) is 1.96. The SMILES string of the molecule is Cc1nc(Cl)cc(=O)n1CCc1ccccc1. The van der Waals surface area contributed by atoms with Gasteiger partial charge in [-0.2, -0.15) is 0 Å². The predicted molar refractivity (Wildman–Crippen MR) is 68.4 cm³/mol. The molecule has 1 aromatic heterocycles. The number of nitrogens with zero attached hydrogens (tertiary/aromatic N) is 2. The predicted octanol–water partition coefficient (Wildman–Crippen LogP) is 2.45. The van der Waals surface area contributed by atoms with E-state index in [0.717, 1.165) is 6.42 Å². The van der Waals surface area contributed by atoms with Gasteiger partial charge in [-0.15, -0.1) is 0 Å². The zero-order valence-corrected chi connectivity index (χ0v) is 10.3. The highest BCUT2D eigenvalue weighted by molar-refractivity contribution is 6.29. The third-order valence-corrected chi connectivity index (χ3v) is 2.83. The van der Waals surface area contributed by atoms with Crippen molar-refractivity contribution >= 4 is 11.6 Å². The number of hydrogen-bond acceptors (Lipinski definition) is 2. The molecule has 0 aliphatic carbocycles. The van der Waals surface area contributed by atoms with E-state index in [-0.39, 0.29) is 10.7 Å². The van der Waals surface area contributed by atoms with Gasteiger partial charge in [-0.1, -0.05) is 41.9 Å². The summed E-state index contributed by atoms with van der Waals surface area (Å²) in [4.78, 5) is 15.8. The molecule has 2 aromatic rings. The van der Waals surface area contributed by atoms with Crippen molar-refractivity contribution in [2.45, 2.75) is 19.9 Å². The lowest BCUT2D eigenvalue weighted by Crippen LogP contribution is -2.23. The van der Waals surface area contributed by atoms with E-state index in [4.69, 9.17) is 11.6 Å². The molecular formula is C13H13ClN2O. The van der Waals surface area contributed by atoms with E-state index >= 15 is 0 Å². The number of hydrogen-bond donors (Lipinski definition) is 0. The van der Waals surface area contributed by atoms with Gasteiger partial charge in [-0.25, -0.2) is 4.98 Å². The second-order valence-corrected chi connectivity index (χ2v) is 4.24. The van der Waals surface area contributed by atoms with Crippen molar-refractivity contribution < 1.29 is 0 Å². The number of benzene rings is 1. The van der Waals surface area contributed by atoms with E-state index in [0.29, 0.717) is 12.4 Å². The molecule has 0 bridgehead atoms. The van der Waals surface area contributed by atoms with Crippen molar-refractivity contribution in [1.82, 2.24) is 9.55 Å². The van der Waals surface area contributed by atoms with Crippen molar-refractivity contribution in [3.05, 3.63) is 63.3 Å². The molecule has 0 spiro atoms. The molecule has 0 fully saturated rings. The molecule has 0 N–H and O–H groups in total. The standard InChI is InChI=1S/C13H13ClN2O/c1-10-15-12(14)9-13(17)16(10)8-7-11-5-3-2-4-6-11/h2-6,9H,7-8H2,1H3. The molecular weight excluding hydrogens is 236 g/mol. The molecule has 0 aliphatic heterocycles. The highest BCUT2D eigenvalue weighted by atomic mass is 35.5. The molecule has 0 amide bonds. The molecule has 1 heterocycles. The summed E-state index contributed by atoms with van der Waals surface area (Å²) in [5.41, 5.74) is 1.10. The highest BCUT2D eigenvalue weighted by Gasteiger charge is 2.03. The van der Waals surface area contributed by atoms with Crippen LogP contribution in [0.15, 0.2) is 41.2 Å². The van der Waals surface area contributed by atoms with Gasteiger partial charge in [0.1, 0.15) is 11.0 Å². The van der Waals surface area contributed by atoms with Crippen molar-refractivity contribution in [3.63, 3.8) is 0 Å². The first-order valence-electron chi connectivity index (χ1n) is 5.45. The van der Waals surface area contributed by atoms with Crippen LogP contribution in [0.2, 0.25) is 5.15 Å². The second kappa shape index (κ2) is 5.15. The summed E-state index contributed by atoms with van der Waals surface area (Å²) in [5.74, 6) is 0.651. The molecule has 3 nitrogen and oxygen atoms in total. The minimum Gasteiger partial charge on any atom is -0.296 e. The summed E-state index contributed by atoms with van der Waals surface area (Å²) in [6.07, 6.45) is 0.810. The molecule has 17 heavy (non-hydrogen) atoms. The van der Waals surface area contributed by atoms with Crippen LogP contribution in [0.4, 0.5) is 0 Å². The average Bonchev–Trinajstić information content (AvgIpc) is 2.29. The maximum atomic E-state index is 11.7. The Morgan fingerprint density at radius 2 is 2.00 bits per heavy atom. The topological polar surface area (TPSA) is 34.9 Å². The molecule has 2 rings (SSSR count). The minimum absolute atomic E-state index is 0.0987. The molecule has 0 unspecified atom stereocenters. The Balaban J connectivity index is 2.18. The number of aromatic nitrogens is 2. The van der Waals surface area contributed by atoms with Crippen LogP contribution in [0.25, 0.3) is 0 Å². The van der Waals surface area contributed by atoms with Crippen LogP contribution in [0, 0.1) is 6.92 Å². The Kier molecular flexibility index (Phi) is 3.59. The van der Waals surface area contributed by atoms with Gasteiger partial charge in [0.05, 0.1) is 0 Å². The third kappa shape index (κ3) is 2.94. The molecule has 0 aliphatic rings. The van der Waals surface area contributed by atoms with E-state index in [1.165, 1.54) is 11.6 Å². The van der Waals surface area contributed by atoms with Gasteiger partial charge in [0, 0.05) is 12.6 Å². The van der Waals surface area contributed by atoms with Gasteiger partial charge in [-0.05, 0) is 18.9 Å². The monoisotopic (exact) mass is 248 g/mol. The summed E-state index contributed by atoms with van der Waals surface area (Å²) >= 11 is 5.71. The lowest BCUT2D eigenvalue weighted by Gasteiger charge is -2.08. The van der Waals surface area contributed by atoms with Gasteiger partial charge in [-0.3, -0.25) is 9.36 Å². The molecule has 1 aromatic carbocycles. The van der Waals surface area contributed by atoms with E-state index in [1.54, 1.807) is 11.5 Å². The fraction of sp³-hybridized carbons (Fsp3) is 0.231. The lowest BCUT2D eigenvalue weighted by atomic mass is 10.1. The van der Waals surface area contributed by atoms with Crippen LogP contribution in [0.1, 0.15) is 11.4 Å². The Morgan fingerprint density at radius 1 is 1.29 bits per heavy atom. The van der Waals surface area contributed by atoms with Gasteiger partial charge in [0.2, 0.25) is 0 Å². The Labute approximate surface area is 105 Å². The maximum Gasteiger partial charge on any atom is 0.254 e. The van der Waals surface area contributed by atoms with E-state index in [9.17, 15) is 4.79 Å². The van der Waals surface area contributed by atoms with Crippen molar-refractivity contribution in [3.8, 4) is 0 Å². The largest absolute Gasteiger partial charge is 0.296 e. The van der Waals surface area contributed by atoms with Crippen molar-refractivity contribution in [2.75, 3.05) is 0 Å². The maximum absolute atomic E-state index is 11.7. The zero-order valence-electron chi connectivity index (χ0n) is 9.56. The van der Waals surface area contributed by atoms with Gasteiger partial charge >= 0.3 is 0 Å². The van der Waals surface area contributed by atoms with Crippen LogP contribution in [-0.4, -0.2) is 9.55 Å². The molecule has 0 radical (unpaired) electrons. The number of halogens is 1. The molecule has 88 valence electrons. The smallest absolute Gasteiger partial charge is 0.254 e. The van der Waals surface area contributed by atoms with Gasteiger partial charge in [0.25, 0.3) is 5.56 Å². The Morgan fingerprint density at radius 3 is 2.65 bits per heavy atom. The van der Waals surface area contributed by atoms with Crippen molar-refractivity contribution in [1.29, 1.82) is 0 Å². The molecule has 0 saturated carbocycles. The Bertz CT molecular complexity index is 563. The average molecular weight is 249 g/mol. The quantitative estimate of drug-likeness (QED) is 0.782. The lowest BCUT2D eigenvalue weighted by molar-refractivity contribution is 0.630. The van der Waals surface area contributed by atoms with E-state index < -0.39 is 0 Å². The summed E-state index contributed by atoms with van der Waals surface area (Å²) in [6.45, 7) is 2.41. The number of rotatable bonds is 3. The third-order valence-electron chi connectivity index (χ3n) is 2.63. The van der Waals surface area contributed by atoms with E-state index in [1.807, 2.05) is 30.3 Å². The van der Waals surface area contributed by atoms with Crippen LogP contribution < -0.4 is 5.56 Å². The van der Waals surface area contributed by atoms with Crippen LogP contribution >= 0.6 is 11.6 Å². The van der Waals surface area contributed by atoms with Crippen molar-refractivity contribution in [2.24, 2.45) is 0 Å². The first-order chi connectivity index (χ1) is 8.16. The number of aryl methyl sites for hydroxylation is 2.